The number of tetrazole rings is 1. The fourth-order valence-corrected chi connectivity index (χ4v) is 1.94. The lowest BCUT2D eigenvalue weighted by Gasteiger charge is -2.07. The second-order valence-corrected chi connectivity index (χ2v) is 4.92. The molecule has 3 rings (SSSR count). The molecule has 0 aliphatic carbocycles. The number of anilines is 1. The molecular weight excluding hydrogens is 336 g/mol. The number of nitrogens with zero attached hydrogens (tertiary/aromatic N) is 5. The van der Waals surface area contributed by atoms with E-state index in [-0.39, 0.29) is 17.1 Å². The molecule has 0 atom stereocenters. The molecule has 0 aliphatic rings. The number of hydrogen-bond donors (Lipinski definition) is 3. The number of nitrogens with two attached hydrogens (primary N) is 1. The number of pyridine rings is 1. The van der Waals surface area contributed by atoms with Crippen LogP contribution in [0.3, 0.4) is 0 Å². The van der Waals surface area contributed by atoms with Gasteiger partial charge in [0, 0.05) is 24.2 Å². The van der Waals surface area contributed by atoms with Crippen LogP contribution < -0.4 is 15.8 Å². The molecule has 26 heavy (non-hydrogen) atoms. The number of ether oxygens (including phenoxy) is 1. The molecule has 10 heteroatoms. The van der Waals surface area contributed by atoms with Gasteiger partial charge in [-0.15, -0.1) is 10.2 Å². The number of H-pyrrole nitrogens is 1. The molecule has 0 radical (unpaired) electrons. The maximum Gasteiger partial charge on any atom is 0.267 e. The monoisotopic (exact) mass is 348 g/mol. The molecule has 0 unspecified atom stereocenters. The van der Waals surface area contributed by atoms with Crippen molar-refractivity contribution in [3.63, 3.8) is 0 Å². The Morgan fingerprint density at radius 3 is 2.73 bits per heavy atom. The van der Waals surface area contributed by atoms with Crippen molar-refractivity contribution in [2.75, 3.05) is 5.32 Å². The van der Waals surface area contributed by atoms with E-state index in [0.29, 0.717) is 11.5 Å². The molecule has 2 aromatic heterocycles. The van der Waals surface area contributed by atoms with Crippen molar-refractivity contribution in [3.8, 4) is 17.6 Å². The molecule has 3 aromatic rings. The Labute approximate surface area is 147 Å². The molecule has 1 aromatic carbocycles. The fraction of sp³-hybridized carbons (Fsp3) is 0. The molecule has 0 saturated carbocycles. The normalized spacial score (nSPS) is 10.8. The molecule has 0 aliphatic heterocycles. The molecule has 0 spiro atoms. The largest absolute Gasteiger partial charge is 0.457 e. The average Bonchev–Trinajstić information content (AvgIpc) is 3.18. The third-order valence-electron chi connectivity index (χ3n) is 3.16. The molecule has 0 bridgehead atoms. The third-order valence-corrected chi connectivity index (χ3v) is 3.16. The number of nitrogens with one attached hydrogen (secondary N) is 2. The van der Waals surface area contributed by atoms with Crippen LogP contribution in [0, 0.1) is 11.3 Å². The van der Waals surface area contributed by atoms with Gasteiger partial charge in [-0.05, 0) is 35.5 Å². The summed E-state index contributed by atoms with van der Waals surface area (Å²) in [6, 6.07) is 12.0. The van der Waals surface area contributed by atoms with Gasteiger partial charge in [-0.25, -0.2) is 0 Å². The number of benzene rings is 1. The molecule has 0 fully saturated rings. The maximum atomic E-state index is 11.1. The zero-order valence-electron chi connectivity index (χ0n) is 13.2. The SMILES string of the molecule is N#CC(=CNc1ccc(Oc2ccnc(C(N)=O)c2)cc1)c1nn[nH]n1. The van der Waals surface area contributed by atoms with Gasteiger partial charge < -0.3 is 15.8 Å². The third kappa shape index (κ3) is 3.98. The highest BCUT2D eigenvalue weighted by molar-refractivity contribution is 5.91. The predicted octanol–water partition coefficient (Wildman–Crippen LogP) is 1.46. The van der Waals surface area contributed by atoms with Gasteiger partial charge in [-0.1, -0.05) is 0 Å². The van der Waals surface area contributed by atoms with Gasteiger partial charge in [0.1, 0.15) is 28.8 Å². The number of amides is 1. The second kappa shape index (κ2) is 7.54. The lowest BCUT2D eigenvalue weighted by molar-refractivity contribution is 0.0995. The average molecular weight is 348 g/mol. The van der Waals surface area contributed by atoms with Crippen LogP contribution in [0.15, 0.2) is 48.8 Å². The number of hydrogen-bond acceptors (Lipinski definition) is 8. The zero-order chi connectivity index (χ0) is 18.4. The summed E-state index contributed by atoms with van der Waals surface area (Å²) in [6.07, 6.45) is 2.92. The van der Waals surface area contributed by atoms with Crippen LogP contribution in [0.25, 0.3) is 5.57 Å². The number of aromatic nitrogens is 5. The predicted molar refractivity (Wildman–Crippen MR) is 90.7 cm³/mol. The van der Waals surface area contributed by atoms with Crippen molar-refractivity contribution in [2.45, 2.75) is 0 Å². The number of aromatic amines is 1. The molecule has 4 N–H and O–H groups in total. The Kier molecular flexibility index (Phi) is 4.81. The Morgan fingerprint density at radius 2 is 2.08 bits per heavy atom. The second-order valence-electron chi connectivity index (χ2n) is 4.92. The van der Waals surface area contributed by atoms with E-state index in [1.54, 1.807) is 30.3 Å². The van der Waals surface area contributed by atoms with Crippen molar-refractivity contribution in [3.05, 3.63) is 60.3 Å². The fourth-order valence-electron chi connectivity index (χ4n) is 1.94. The number of nitriles is 1. The van der Waals surface area contributed by atoms with Crippen LogP contribution in [0.4, 0.5) is 5.69 Å². The number of carbonyl (C=O) groups is 1. The van der Waals surface area contributed by atoms with Gasteiger partial charge in [-0.2, -0.15) is 10.5 Å². The van der Waals surface area contributed by atoms with E-state index < -0.39 is 5.91 Å². The van der Waals surface area contributed by atoms with Crippen LogP contribution in [0.5, 0.6) is 11.5 Å². The quantitative estimate of drug-likeness (QED) is 0.565. The van der Waals surface area contributed by atoms with Crippen molar-refractivity contribution in [1.82, 2.24) is 25.6 Å². The molecule has 10 nitrogen and oxygen atoms in total. The van der Waals surface area contributed by atoms with Gasteiger partial charge in [0.15, 0.2) is 0 Å². The van der Waals surface area contributed by atoms with E-state index in [1.165, 1.54) is 18.5 Å². The molecule has 0 saturated heterocycles. The summed E-state index contributed by atoms with van der Waals surface area (Å²) >= 11 is 0. The van der Waals surface area contributed by atoms with Crippen LogP contribution in [-0.4, -0.2) is 31.5 Å². The highest BCUT2D eigenvalue weighted by atomic mass is 16.5. The van der Waals surface area contributed by atoms with Crippen LogP contribution >= 0.6 is 0 Å². The van der Waals surface area contributed by atoms with Crippen LogP contribution in [-0.2, 0) is 0 Å². The van der Waals surface area contributed by atoms with E-state index in [9.17, 15) is 4.79 Å². The summed E-state index contributed by atoms with van der Waals surface area (Å²) in [5, 5.41) is 25.3. The number of primary amides is 1. The Balaban J connectivity index is 1.68. The topological polar surface area (TPSA) is 155 Å². The Bertz CT molecular complexity index is 974. The minimum absolute atomic E-state index is 0.122. The first-order valence-electron chi connectivity index (χ1n) is 7.30. The smallest absolute Gasteiger partial charge is 0.267 e. The van der Waals surface area contributed by atoms with E-state index >= 15 is 0 Å². The Morgan fingerprint density at radius 1 is 1.27 bits per heavy atom. The standard InChI is InChI=1S/C16H12N8O2/c17-8-10(16-21-23-24-22-16)9-20-11-1-3-12(4-2-11)26-13-5-6-19-14(7-13)15(18)25/h1-7,9,20H,(H2,18,25)(H,21,22,23,24). The summed E-state index contributed by atoms with van der Waals surface area (Å²) in [6.45, 7) is 0. The molecular formula is C16H12N8O2. The van der Waals surface area contributed by atoms with E-state index in [0.717, 1.165) is 5.69 Å². The van der Waals surface area contributed by atoms with Gasteiger partial charge in [-0.3, -0.25) is 9.78 Å². The van der Waals surface area contributed by atoms with Gasteiger partial charge >= 0.3 is 0 Å². The van der Waals surface area contributed by atoms with E-state index in [1.807, 2.05) is 6.07 Å². The Hall–Kier alpha value is -4.26. The van der Waals surface area contributed by atoms with Crippen LogP contribution in [0.2, 0.25) is 0 Å². The summed E-state index contributed by atoms with van der Waals surface area (Å²) in [5.74, 6) is 0.567. The summed E-state index contributed by atoms with van der Waals surface area (Å²) in [5.41, 5.74) is 6.27. The highest BCUT2D eigenvalue weighted by Crippen LogP contribution is 2.23. The van der Waals surface area contributed by atoms with Crippen molar-refractivity contribution >= 4 is 17.2 Å². The first-order valence-corrected chi connectivity index (χ1v) is 7.30. The number of carbonyl (C=O) groups excluding carboxylic acids is 1. The summed E-state index contributed by atoms with van der Waals surface area (Å²) in [4.78, 5) is 15.0. The van der Waals surface area contributed by atoms with E-state index in [2.05, 4.69) is 30.9 Å². The highest BCUT2D eigenvalue weighted by Gasteiger charge is 2.06. The minimum atomic E-state index is -0.628. The van der Waals surface area contributed by atoms with Gasteiger partial charge in [0.25, 0.3) is 5.91 Å². The lowest BCUT2D eigenvalue weighted by atomic mass is 10.2. The maximum absolute atomic E-state index is 11.1. The summed E-state index contributed by atoms with van der Waals surface area (Å²) < 4.78 is 5.65. The minimum Gasteiger partial charge on any atom is -0.457 e. The van der Waals surface area contributed by atoms with Gasteiger partial charge in [0.05, 0.1) is 0 Å². The van der Waals surface area contributed by atoms with Crippen molar-refractivity contribution in [2.24, 2.45) is 5.73 Å². The number of rotatable bonds is 6. The first-order chi connectivity index (χ1) is 12.7. The van der Waals surface area contributed by atoms with Gasteiger partial charge in [0.2, 0.25) is 5.82 Å². The first kappa shape index (κ1) is 16.6. The molecule has 128 valence electrons. The summed E-state index contributed by atoms with van der Waals surface area (Å²) in [7, 11) is 0. The molecule has 1 amide bonds. The van der Waals surface area contributed by atoms with Crippen molar-refractivity contribution < 1.29 is 9.53 Å². The molecule has 2 heterocycles. The zero-order valence-corrected chi connectivity index (χ0v) is 13.2. The van der Waals surface area contributed by atoms with Crippen molar-refractivity contribution in [1.29, 1.82) is 5.26 Å². The number of allylic oxidation sites excluding steroid dienone is 1. The van der Waals surface area contributed by atoms with E-state index in [4.69, 9.17) is 15.7 Å². The lowest BCUT2D eigenvalue weighted by Crippen LogP contribution is -2.12. The van der Waals surface area contributed by atoms with Crippen LogP contribution in [0.1, 0.15) is 16.3 Å².